The number of amides is 1. The molecule has 88 valence electrons. The van der Waals surface area contributed by atoms with E-state index >= 15 is 0 Å². The number of nitrogens with zero attached hydrogens (tertiary/aromatic N) is 1. The number of nitrogens with one attached hydrogen (secondary N) is 2. The van der Waals surface area contributed by atoms with E-state index in [0.29, 0.717) is 18.8 Å². The largest absolute Gasteiger partial charge is 0.316 e. The van der Waals surface area contributed by atoms with E-state index in [0.717, 1.165) is 16.7 Å². The minimum Gasteiger partial charge on any atom is -0.316 e. The first kappa shape index (κ1) is 13.1. The highest BCUT2D eigenvalue weighted by Gasteiger charge is 2.04. The van der Waals surface area contributed by atoms with E-state index in [-0.39, 0.29) is 5.91 Å². The summed E-state index contributed by atoms with van der Waals surface area (Å²) >= 11 is 3.36. The zero-order valence-electron chi connectivity index (χ0n) is 9.51. The van der Waals surface area contributed by atoms with Crippen LogP contribution in [0.15, 0.2) is 16.6 Å². The molecule has 1 amide bonds. The van der Waals surface area contributed by atoms with Crippen molar-refractivity contribution in [2.24, 2.45) is 0 Å². The van der Waals surface area contributed by atoms with Gasteiger partial charge in [-0.25, -0.2) is 4.98 Å². The van der Waals surface area contributed by atoms with Crippen LogP contribution in [0.3, 0.4) is 0 Å². The summed E-state index contributed by atoms with van der Waals surface area (Å²) in [5.41, 5.74) is 0.865. The summed E-state index contributed by atoms with van der Waals surface area (Å²) in [6.07, 6.45) is 0.463. The van der Waals surface area contributed by atoms with Gasteiger partial charge in [0.05, 0.1) is 5.69 Å². The summed E-state index contributed by atoms with van der Waals surface area (Å²) < 4.78 is 0.943. The zero-order chi connectivity index (χ0) is 12.0. The number of carbonyl (C=O) groups is 1. The third kappa shape index (κ3) is 4.28. The van der Waals surface area contributed by atoms with Crippen LogP contribution in [0.2, 0.25) is 0 Å². The number of pyridine rings is 1. The van der Waals surface area contributed by atoms with Gasteiger partial charge in [0, 0.05) is 17.4 Å². The smallest absolute Gasteiger partial charge is 0.226 e. The molecule has 0 saturated heterocycles. The van der Waals surface area contributed by atoms with E-state index in [4.69, 9.17) is 0 Å². The quantitative estimate of drug-likeness (QED) is 0.815. The average molecular weight is 286 g/mol. The molecule has 0 fully saturated rings. The summed E-state index contributed by atoms with van der Waals surface area (Å²) in [4.78, 5) is 15.7. The first-order valence-corrected chi connectivity index (χ1v) is 6.06. The Balaban J connectivity index is 2.46. The minimum atomic E-state index is -0.0184. The normalized spacial score (nSPS) is 10.2. The molecule has 5 heteroatoms. The third-order valence-electron chi connectivity index (χ3n) is 2.07. The van der Waals surface area contributed by atoms with Crippen molar-refractivity contribution in [2.75, 3.05) is 18.4 Å². The second-order valence-corrected chi connectivity index (χ2v) is 4.27. The van der Waals surface area contributed by atoms with E-state index in [1.165, 1.54) is 0 Å². The molecule has 2 N–H and O–H groups in total. The standard InChI is InChI=1S/C11H16BrN3O/c1-3-13-7-6-11(16)15-10-5-4-9(12)8(2)14-10/h4-5,13H,3,6-7H2,1-2H3,(H,14,15,16). The van der Waals surface area contributed by atoms with Crippen LogP contribution >= 0.6 is 15.9 Å². The summed E-state index contributed by atoms with van der Waals surface area (Å²) in [7, 11) is 0. The topological polar surface area (TPSA) is 54.0 Å². The first-order valence-electron chi connectivity index (χ1n) is 5.27. The lowest BCUT2D eigenvalue weighted by Crippen LogP contribution is -2.21. The molecular formula is C11H16BrN3O. The Hall–Kier alpha value is -0.940. The van der Waals surface area contributed by atoms with Crippen molar-refractivity contribution in [1.29, 1.82) is 0 Å². The number of halogens is 1. The molecule has 0 aliphatic heterocycles. The molecule has 0 aromatic carbocycles. The van der Waals surface area contributed by atoms with Gasteiger partial charge in [0.15, 0.2) is 0 Å². The lowest BCUT2D eigenvalue weighted by molar-refractivity contribution is -0.116. The zero-order valence-corrected chi connectivity index (χ0v) is 11.1. The van der Waals surface area contributed by atoms with Crippen molar-refractivity contribution in [1.82, 2.24) is 10.3 Å². The maximum Gasteiger partial charge on any atom is 0.226 e. The van der Waals surface area contributed by atoms with Gasteiger partial charge < -0.3 is 10.6 Å². The highest BCUT2D eigenvalue weighted by Crippen LogP contribution is 2.16. The van der Waals surface area contributed by atoms with Crippen LogP contribution in [0.4, 0.5) is 5.82 Å². The van der Waals surface area contributed by atoms with Crippen molar-refractivity contribution in [2.45, 2.75) is 20.3 Å². The molecular weight excluding hydrogens is 270 g/mol. The Labute approximate surface area is 104 Å². The highest BCUT2D eigenvalue weighted by atomic mass is 79.9. The Morgan fingerprint density at radius 1 is 1.50 bits per heavy atom. The molecule has 0 unspecified atom stereocenters. The maximum atomic E-state index is 11.5. The summed E-state index contributed by atoms with van der Waals surface area (Å²) in [6, 6.07) is 3.66. The molecule has 1 aromatic rings. The first-order chi connectivity index (χ1) is 7.63. The molecule has 16 heavy (non-hydrogen) atoms. The fourth-order valence-electron chi connectivity index (χ4n) is 1.20. The van der Waals surface area contributed by atoms with Gasteiger partial charge in [-0.05, 0) is 41.5 Å². The molecule has 0 spiro atoms. The van der Waals surface area contributed by atoms with Gasteiger partial charge in [0.1, 0.15) is 5.82 Å². The van der Waals surface area contributed by atoms with E-state index in [1.54, 1.807) is 6.07 Å². The molecule has 0 radical (unpaired) electrons. The van der Waals surface area contributed by atoms with E-state index in [9.17, 15) is 4.79 Å². The molecule has 1 rings (SSSR count). The fraction of sp³-hybridized carbons (Fsp3) is 0.455. The van der Waals surface area contributed by atoms with Crippen LogP contribution in [0.5, 0.6) is 0 Å². The van der Waals surface area contributed by atoms with Gasteiger partial charge in [-0.2, -0.15) is 0 Å². The molecule has 0 aliphatic rings. The number of anilines is 1. The third-order valence-corrected chi connectivity index (χ3v) is 2.91. The Kier molecular flexibility index (Phi) is 5.42. The second-order valence-electron chi connectivity index (χ2n) is 3.42. The van der Waals surface area contributed by atoms with Crippen LogP contribution in [-0.2, 0) is 4.79 Å². The Bertz CT molecular complexity index is 368. The molecule has 1 aromatic heterocycles. The van der Waals surface area contributed by atoms with Gasteiger partial charge in [-0.15, -0.1) is 0 Å². The van der Waals surface area contributed by atoms with Gasteiger partial charge >= 0.3 is 0 Å². The predicted octanol–water partition coefficient (Wildman–Crippen LogP) is 2.09. The van der Waals surface area contributed by atoms with Crippen LogP contribution in [0.1, 0.15) is 19.0 Å². The SMILES string of the molecule is CCNCCC(=O)Nc1ccc(Br)c(C)n1. The number of carbonyl (C=O) groups excluding carboxylic acids is 1. The van der Waals surface area contributed by atoms with Crippen LogP contribution in [0.25, 0.3) is 0 Å². The molecule has 0 bridgehead atoms. The van der Waals surface area contributed by atoms with E-state index < -0.39 is 0 Å². The Morgan fingerprint density at radius 3 is 2.88 bits per heavy atom. The Morgan fingerprint density at radius 2 is 2.25 bits per heavy atom. The van der Waals surface area contributed by atoms with Crippen LogP contribution in [-0.4, -0.2) is 24.0 Å². The molecule has 4 nitrogen and oxygen atoms in total. The van der Waals surface area contributed by atoms with Crippen molar-refractivity contribution >= 4 is 27.7 Å². The van der Waals surface area contributed by atoms with Crippen molar-refractivity contribution in [3.8, 4) is 0 Å². The maximum absolute atomic E-state index is 11.5. The van der Waals surface area contributed by atoms with Crippen LogP contribution in [0, 0.1) is 6.92 Å². The lowest BCUT2D eigenvalue weighted by Gasteiger charge is -2.06. The fourth-order valence-corrected chi connectivity index (χ4v) is 1.42. The molecule has 1 heterocycles. The molecule has 0 saturated carbocycles. The average Bonchev–Trinajstić information content (AvgIpc) is 2.24. The van der Waals surface area contributed by atoms with E-state index in [1.807, 2.05) is 19.9 Å². The van der Waals surface area contributed by atoms with Gasteiger partial charge in [-0.1, -0.05) is 6.92 Å². The molecule has 0 aliphatic carbocycles. The highest BCUT2D eigenvalue weighted by molar-refractivity contribution is 9.10. The van der Waals surface area contributed by atoms with Gasteiger partial charge in [0.2, 0.25) is 5.91 Å². The second kappa shape index (κ2) is 6.60. The minimum absolute atomic E-state index is 0.0184. The molecule has 0 atom stereocenters. The number of aryl methyl sites for hydroxylation is 1. The summed E-state index contributed by atoms with van der Waals surface area (Å²) in [5.74, 6) is 0.581. The number of aromatic nitrogens is 1. The number of hydrogen-bond acceptors (Lipinski definition) is 3. The van der Waals surface area contributed by atoms with Gasteiger partial charge in [0.25, 0.3) is 0 Å². The monoisotopic (exact) mass is 285 g/mol. The lowest BCUT2D eigenvalue weighted by atomic mass is 10.3. The van der Waals surface area contributed by atoms with Gasteiger partial charge in [-0.3, -0.25) is 4.79 Å². The van der Waals surface area contributed by atoms with Crippen molar-refractivity contribution in [3.05, 3.63) is 22.3 Å². The van der Waals surface area contributed by atoms with Crippen molar-refractivity contribution < 1.29 is 4.79 Å². The van der Waals surface area contributed by atoms with E-state index in [2.05, 4.69) is 31.5 Å². The number of rotatable bonds is 5. The summed E-state index contributed by atoms with van der Waals surface area (Å²) in [5, 5.41) is 5.85. The predicted molar refractivity (Wildman–Crippen MR) is 68.5 cm³/mol. The summed E-state index contributed by atoms with van der Waals surface area (Å²) in [6.45, 7) is 5.47. The van der Waals surface area contributed by atoms with Crippen LogP contribution < -0.4 is 10.6 Å². The number of hydrogen-bond donors (Lipinski definition) is 2. The van der Waals surface area contributed by atoms with Crippen molar-refractivity contribution in [3.63, 3.8) is 0 Å².